The van der Waals surface area contributed by atoms with Gasteiger partial charge in [0.1, 0.15) is 12.1 Å². The molecule has 1 heterocycles. The smallest absolute Gasteiger partial charge is 0.254 e. The molecule has 5 heteroatoms. The van der Waals surface area contributed by atoms with Crippen LogP contribution >= 0.6 is 11.8 Å². The summed E-state index contributed by atoms with van der Waals surface area (Å²) in [5.74, 6) is 0.523. The van der Waals surface area contributed by atoms with Gasteiger partial charge in [0.2, 0.25) is 0 Å². The molecule has 0 radical (unpaired) electrons. The van der Waals surface area contributed by atoms with Crippen LogP contribution in [0.5, 0.6) is 0 Å². The lowest BCUT2D eigenvalue weighted by atomic mass is 10.3. The summed E-state index contributed by atoms with van der Waals surface area (Å²) in [6, 6.07) is 8.03. The number of rotatable bonds is 6. The normalized spacial score (nSPS) is 10.4. The van der Waals surface area contributed by atoms with Gasteiger partial charge in [-0.15, -0.1) is 11.8 Å². The molecule has 0 fully saturated rings. The molecule has 0 atom stereocenters. The number of furan rings is 1. The highest BCUT2D eigenvalue weighted by molar-refractivity contribution is 7.99. The highest BCUT2D eigenvalue weighted by Gasteiger charge is 2.05. The van der Waals surface area contributed by atoms with Crippen molar-refractivity contribution in [2.24, 2.45) is 0 Å². The molecule has 1 amide bonds. The molecule has 0 aliphatic heterocycles. The summed E-state index contributed by atoms with van der Waals surface area (Å²) >= 11 is 1.64. The van der Waals surface area contributed by atoms with E-state index in [0.717, 1.165) is 17.1 Å². The van der Waals surface area contributed by atoms with Gasteiger partial charge in [-0.2, -0.15) is 0 Å². The molecule has 2 aromatic rings. The lowest BCUT2D eigenvalue weighted by molar-refractivity contribution is 0.0953. The molecule has 19 heavy (non-hydrogen) atoms. The van der Waals surface area contributed by atoms with E-state index >= 15 is 0 Å². The molecular formula is C14H14FNO2S. The van der Waals surface area contributed by atoms with Crippen molar-refractivity contribution in [2.75, 3.05) is 12.3 Å². The van der Waals surface area contributed by atoms with Gasteiger partial charge >= 0.3 is 0 Å². The van der Waals surface area contributed by atoms with Crippen molar-refractivity contribution in [1.29, 1.82) is 0 Å². The second kappa shape index (κ2) is 6.99. The summed E-state index contributed by atoms with van der Waals surface area (Å²) in [5, 5.41) is 2.81. The van der Waals surface area contributed by atoms with Crippen molar-refractivity contribution in [1.82, 2.24) is 5.32 Å². The number of hydrogen-bond donors (Lipinski definition) is 1. The minimum atomic E-state index is -0.225. The number of hydrogen-bond acceptors (Lipinski definition) is 3. The van der Waals surface area contributed by atoms with Crippen molar-refractivity contribution in [3.05, 3.63) is 54.2 Å². The van der Waals surface area contributed by atoms with Crippen molar-refractivity contribution >= 4 is 17.7 Å². The standard InChI is InChI=1S/C14H14FNO2S/c15-12-2-4-13(5-3-12)19-9-1-7-16-14(17)11-6-8-18-10-11/h2-6,8,10H,1,7,9H2,(H,16,17). The van der Waals surface area contributed by atoms with E-state index in [1.807, 2.05) is 0 Å². The molecule has 100 valence electrons. The van der Waals surface area contributed by atoms with Crippen LogP contribution in [0.3, 0.4) is 0 Å². The van der Waals surface area contributed by atoms with Crippen LogP contribution in [0.15, 0.2) is 52.2 Å². The Morgan fingerprint density at radius 3 is 2.74 bits per heavy atom. The lowest BCUT2D eigenvalue weighted by Gasteiger charge is -2.04. The number of benzene rings is 1. The summed E-state index contributed by atoms with van der Waals surface area (Å²) in [5.41, 5.74) is 0.534. The van der Waals surface area contributed by atoms with E-state index in [4.69, 9.17) is 4.42 Å². The van der Waals surface area contributed by atoms with Gasteiger partial charge in [-0.1, -0.05) is 0 Å². The van der Waals surface area contributed by atoms with Gasteiger partial charge in [-0.05, 0) is 42.5 Å². The van der Waals surface area contributed by atoms with E-state index in [1.54, 1.807) is 30.0 Å². The van der Waals surface area contributed by atoms with Crippen molar-refractivity contribution in [3.8, 4) is 0 Å². The third kappa shape index (κ3) is 4.44. The minimum Gasteiger partial charge on any atom is -0.472 e. The van der Waals surface area contributed by atoms with Crippen LogP contribution in [0.4, 0.5) is 4.39 Å². The van der Waals surface area contributed by atoms with E-state index in [-0.39, 0.29) is 11.7 Å². The Kier molecular flexibility index (Phi) is 5.03. The van der Waals surface area contributed by atoms with Crippen molar-refractivity contribution in [2.45, 2.75) is 11.3 Å². The molecule has 1 aromatic heterocycles. The summed E-state index contributed by atoms with van der Waals surface area (Å²) in [4.78, 5) is 12.6. The topological polar surface area (TPSA) is 42.2 Å². The Hall–Kier alpha value is -1.75. The summed E-state index contributed by atoms with van der Waals surface area (Å²) in [6.45, 7) is 0.609. The van der Waals surface area contributed by atoms with Crippen molar-refractivity contribution in [3.63, 3.8) is 0 Å². The molecule has 2 rings (SSSR count). The first-order valence-electron chi connectivity index (χ1n) is 5.94. The monoisotopic (exact) mass is 279 g/mol. The van der Waals surface area contributed by atoms with Crippen LogP contribution in [0.2, 0.25) is 0 Å². The van der Waals surface area contributed by atoms with Crippen molar-refractivity contribution < 1.29 is 13.6 Å². The average Bonchev–Trinajstić information content (AvgIpc) is 2.94. The summed E-state index contributed by atoms with van der Waals surface area (Å²) in [7, 11) is 0. The van der Waals surface area contributed by atoms with Crippen LogP contribution in [0.1, 0.15) is 16.8 Å². The molecule has 1 N–H and O–H groups in total. The third-order valence-corrected chi connectivity index (χ3v) is 3.57. The maximum Gasteiger partial charge on any atom is 0.254 e. The molecule has 0 bridgehead atoms. The van der Waals surface area contributed by atoms with E-state index in [1.165, 1.54) is 24.7 Å². The fourth-order valence-electron chi connectivity index (χ4n) is 1.49. The van der Waals surface area contributed by atoms with E-state index in [0.29, 0.717) is 12.1 Å². The number of thioether (sulfide) groups is 1. The molecule has 1 aromatic carbocycles. The Balaban J connectivity index is 1.62. The highest BCUT2D eigenvalue weighted by atomic mass is 32.2. The van der Waals surface area contributed by atoms with E-state index < -0.39 is 0 Å². The molecule has 0 spiro atoms. The average molecular weight is 279 g/mol. The first-order valence-corrected chi connectivity index (χ1v) is 6.93. The van der Waals surface area contributed by atoms with Gasteiger partial charge in [-0.25, -0.2) is 4.39 Å². The summed E-state index contributed by atoms with van der Waals surface area (Å²) < 4.78 is 17.5. The first kappa shape index (κ1) is 13.7. The van der Waals surface area contributed by atoms with Gasteiger partial charge in [-0.3, -0.25) is 4.79 Å². The molecule has 0 saturated heterocycles. The molecule has 0 unspecified atom stereocenters. The molecule has 0 saturated carbocycles. The van der Waals surface area contributed by atoms with E-state index in [2.05, 4.69) is 5.32 Å². The minimum absolute atomic E-state index is 0.125. The fraction of sp³-hybridized carbons (Fsp3) is 0.214. The maximum atomic E-state index is 12.7. The lowest BCUT2D eigenvalue weighted by Crippen LogP contribution is -2.24. The Morgan fingerprint density at radius 2 is 2.05 bits per heavy atom. The van der Waals surface area contributed by atoms with Crippen LogP contribution in [-0.4, -0.2) is 18.2 Å². The Bertz CT molecular complexity index is 511. The van der Waals surface area contributed by atoms with Gasteiger partial charge in [0.25, 0.3) is 5.91 Å². The molecular weight excluding hydrogens is 265 g/mol. The maximum absolute atomic E-state index is 12.7. The van der Waals surface area contributed by atoms with Crippen LogP contribution in [0.25, 0.3) is 0 Å². The van der Waals surface area contributed by atoms with Crippen LogP contribution < -0.4 is 5.32 Å². The Labute approximate surface area is 115 Å². The van der Waals surface area contributed by atoms with E-state index in [9.17, 15) is 9.18 Å². The number of carbonyl (C=O) groups is 1. The Morgan fingerprint density at radius 1 is 1.26 bits per heavy atom. The molecule has 0 aliphatic rings. The number of amides is 1. The largest absolute Gasteiger partial charge is 0.472 e. The first-order chi connectivity index (χ1) is 9.25. The number of nitrogens with one attached hydrogen (secondary N) is 1. The zero-order chi connectivity index (χ0) is 13.5. The molecule has 3 nitrogen and oxygen atoms in total. The van der Waals surface area contributed by atoms with Gasteiger partial charge in [0.05, 0.1) is 11.8 Å². The zero-order valence-corrected chi connectivity index (χ0v) is 11.1. The zero-order valence-electron chi connectivity index (χ0n) is 10.3. The predicted octanol–water partition coefficient (Wildman–Crippen LogP) is 3.33. The SMILES string of the molecule is O=C(NCCCSc1ccc(F)cc1)c1ccoc1. The van der Waals surface area contributed by atoms with Gasteiger partial charge < -0.3 is 9.73 Å². The van der Waals surface area contributed by atoms with Gasteiger partial charge in [0.15, 0.2) is 0 Å². The predicted molar refractivity (Wildman–Crippen MR) is 72.8 cm³/mol. The number of carbonyl (C=O) groups excluding carboxylic acids is 1. The third-order valence-electron chi connectivity index (χ3n) is 2.47. The number of halogens is 1. The second-order valence-electron chi connectivity index (χ2n) is 3.92. The van der Waals surface area contributed by atoms with Gasteiger partial charge in [0, 0.05) is 11.4 Å². The highest BCUT2D eigenvalue weighted by Crippen LogP contribution is 2.18. The second-order valence-corrected chi connectivity index (χ2v) is 5.09. The van der Waals surface area contributed by atoms with Crippen LogP contribution in [-0.2, 0) is 0 Å². The molecule has 0 aliphatic carbocycles. The quantitative estimate of drug-likeness (QED) is 0.651. The van der Waals surface area contributed by atoms with Crippen LogP contribution in [0, 0.1) is 5.82 Å². The summed E-state index contributed by atoms with van der Waals surface area (Å²) in [6.07, 6.45) is 3.74. The fourth-order valence-corrected chi connectivity index (χ4v) is 2.34.